The van der Waals surface area contributed by atoms with Gasteiger partial charge in [-0.05, 0) is 7.05 Å². The molecule has 0 aliphatic heterocycles. The smallest absolute Gasteiger partial charge is 0.124 e. The molecule has 0 saturated carbocycles. The Morgan fingerprint density at radius 1 is 2.00 bits per heavy atom. The fraction of sp³-hybridized carbons (Fsp3) is 1.00. The molecular formula is CH6NOP. The van der Waals surface area contributed by atoms with E-state index in [0.717, 1.165) is 0 Å². The summed E-state index contributed by atoms with van der Waals surface area (Å²) < 4.78 is 9.27. The van der Waals surface area contributed by atoms with Gasteiger partial charge in [0.05, 0.1) is 0 Å². The first-order valence-corrected chi connectivity index (χ1v) is 2.07. The number of nitrogens with one attached hydrogen (secondary N) is 1. The van der Waals surface area contributed by atoms with Gasteiger partial charge in [-0.25, -0.2) is 0 Å². The Bertz CT molecular complexity index is 22.0. The second-order valence-electron chi connectivity index (χ2n) is 0.407. The summed E-state index contributed by atoms with van der Waals surface area (Å²) in [5, 5.41) is 2.46. The molecule has 2 nitrogen and oxygen atoms in total. The zero-order valence-electron chi connectivity index (χ0n) is 2.49. The molecule has 0 aromatic carbocycles. The van der Waals surface area contributed by atoms with Crippen molar-refractivity contribution in [1.82, 2.24) is 5.09 Å². The molecule has 0 aromatic rings. The molecule has 0 fully saturated rings. The van der Waals surface area contributed by atoms with Gasteiger partial charge in [0.2, 0.25) is 0 Å². The maximum Gasteiger partial charge on any atom is 0.124 e. The normalized spacial score (nSPS) is 10.2. The first kappa shape index (κ1) is 4.19. The fourth-order valence-corrected chi connectivity index (χ4v) is 0. The van der Waals surface area contributed by atoms with Crippen LogP contribution < -0.4 is 5.09 Å². The van der Waals surface area contributed by atoms with Crippen molar-refractivity contribution < 1.29 is 4.57 Å². The number of rotatable bonds is 1. The van der Waals surface area contributed by atoms with Crippen LogP contribution in [0.25, 0.3) is 0 Å². The molecule has 26 valence electrons. The van der Waals surface area contributed by atoms with Crippen LogP contribution in [0.1, 0.15) is 0 Å². The third-order valence-electron chi connectivity index (χ3n) is 0.118. The molecule has 1 atom stereocenters. The molecule has 1 unspecified atom stereocenters. The molecule has 3 heteroatoms. The highest BCUT2D eigenvalue weighted by Crippen LogP contribution is 1.68. The summed E-state index contributed by atoms with van der Waals surface area (Å²) in [5.41, 5.74) is 0. The van der Waals surface area contributed by atoms with Gasteiger partial charge >= 0.3 is 0 Å². The van der Waals surface area contributed by atoms with Crippen LogP contribution in [0, 0.1) is 0 Å². The SMILES string of the molecule is CN[PH2]=O. The van der Waals surface area contributed by atoms with Crippen molar-refractivity contribution in [2.24, 2.45) is 0 Å². The predicted octanol–water partition coefficient (Wildman–Crippen LogP) is -0.123. The first-order valence-electron chi connectivity index (χ1n) is 1.02. The van der Waals surface area contributed by atoms with Gasteiger partial charge in [0.25, 0.3) is 0 Å². The van der Waals surface area contributed by atoms with E-state index in [-0.39, 0.29) is 0 Å². The largest absolute Gasteiger partial charge is 0.313 e. The van der Waals surface area contributed by atoms with Gasteiger partial charge in [-0.1, -0.05) is 0 Å². The van der Waals surface area contributed by atoms with Gasteiger partial charge in [-0.3, -0.25) is 5.09 Å². The average molecular weight is 79.0 g/mol. The molecule has 0 aliphatic rings. The molecule has 0 spiro atoms. The molecule has 0 radical (unpaired) electrons. The van der Waals surface area contributed by atoms with Crippen LogP contribution in [0.2, 0.25) is 0 Å². The summed E-state index contributed by atoms with van der Waals surface area (Å²) in [5.74, 6) is 0. The zero-order chi connectivity index (χ0) is 3.41. The van der Waals surface area contributed by atoms with Crippen LogP contribution in [0.4, 0.5) is 0 Å². The molecule has 0 aromatic heterocycles. The number of hydrogen-bond acceptors (Lipinski definition) is 1. The van der Waals surface area contributed by atoms with E-state index in [4.69, 9.17) is 0 Å². The summed E-state index contributed by atoms with van der Waals surface area (Å²) in [6, 6.07) is 0. The highest BCUT2D eigenvalue weighted by atomic mass is 31.1. The summed E-state index contributed by atoms with van der Waals surface area (Å²) in [6.45, 7) is 0. The van der Waals surface area contributed by atoms with Gasteiger partial charge in [0.1, 0.15) is 8.61 Å². The molecule has 1 N–H and O–H groups in total. The van der Waals surface area contributed by atoms with E-state index in [9.17, 15) is 4.57 Å². The van der Waals surface area contributed by atoms with E-state index in [1.807, 2.05) is 0 Å². The van der Waals surface area contributed by atoms with Gasteiger partial charge < -0.3 is 4.57 Å². The van der Waals surface area contributed by atoms with Gasteiger partial charge in [0, 0.05) is 0 Å². The second-order valence-corrected chi connectivity index (χ2v) is 1.22. The lowest BCUT2D eigenvalue weighted by atomic mass is 11.6. The average Bonchev–Trinajstić information content (AvgIpc) is 1.37. The van der Waals surface area contributed by atoms with Crippen LogP contribution in [-0.4, -0.2) is 7.05 Å². The van der Waals surface area contributed by atoms with Crippen molar-refractivity contribution in [3.05, 3.63) is 0 Å². The van der Waals surface area contributed by atoms with Gasteiger partial charge in [0.15, 0.2) is 0 Å². The predicted molar refractivity (Wildman–Crippen MR) is 19.5 cm³/mol. The Morgan fingerprint density at radius 2 is 2.25 bits per heavy atom. The van der Waals surface area contributed by atoms with E-state index in [1.165, 1.54) is 0 Å². The lowest BCUT2D eigenvalue weighted by molar-refractivity contribution is 0.595. The van der Waals surface area contributed by atoms with Crippen molar-refractivity contribution in [3.8, 4) is 0 Å². The summed E-state index contributed by atoms with van der Waals surface area (Å²) in [7, 11) is 0.937. The lowest BCUT2D eigenvalue weighted by Crippen LogP contribution is -1.77. The Hall–Kier alpha value is 0.190. The molecule has 0 bridgehead atoms. The lowest BCUT2D eigenvalue weighted by Gasteiger charge is -1.62. The standard InChI is InChI=1S/CH6NOP/c1-2-4-3/h4H2,1H3,(H,2,3). The van der Waals surface area contributed by atoms with Gasteiger partial charge in [-0.2, -0.15) is 0 Å². The van der Waals surface area contributed by atoms with Crippen LogP contribution in [0.15, 0.2) is 0 Å². The number of hydrogen-bond donors (Lipinski definition) is 1. The fourth-order valence-electron chi connectivity index (χ4n) is 0. The van der Waals surface area contributed by atoms with Crippen molar-refractivity contribution >= 4 is 8.61 Å². The third-order valence-corrected chi connectivity index (χ3v) is 0.354. The molecule has 0 rings (SSSR count). The van der Waals surface area contributed by atoms with E-state index in [1.54, 1.807) is 7.05 Å². The summed E-state index contributed by atoms with van der Waals surface area (Å²) in [6.07, 6.45) is 0. The van der Waals surface area contributed by atoms with Crippen molar-refractivity contribution in [2.75, 3.05) is 7.05 Å². The van der Waals surface area contributed by atoms with Crippen LogP contribution in [0.5, 0.6) is 0 Å². The maximum absolute atomic E-state index is 9.27. The highest BCUT2D eigenvalue weighted by molar-refractivity contribution is 7.20. The highest BCUT2D eigenvalue weighted by Gasteiger charge is 1.42. The van der Waals surface area contributed by atoms with Crippen molar-refractivity contribution in [3.63, 3.8) is 0 Å². The van der Waals surface area contributed by atoms with Crippen molar-refractivity contribution in [1.29, 1.82) is 0 Å². The Kier molecular flexibility index (Phi) is 3.34. The quantitative estimate of drug-likeness (QED) is 0.444. The molecule has 0 heterocycles. The maximum atomic E-state index is 9.27. The first-order chi connectivity index (χ1) is 1.91. The second kappa shape index (κ2) is 3.19. The van der Waals surface area contributed by atoms with E-state index < -0.39 is 8.61 Å². The van der Waals surface area contributed by atoms with Gasteiger partial charge in [-0.15, -0.1) is 0 Å². The Labute approximate surface area is 26.5 Å². The van der Waals surface area contributed by atoms with Crippen LogP contribution in [-0.2, 0) is 4.57 Å². The van der Waals surface area contributed by atoms with Crippen LogP contribution in [0.3, 0.4) is 0 Å². The summed E-state index contributed by atoms with van der Waals surface area (Å²) >= 11 is 0. The monoisotopic (exact) mass is 79.0 g/mol. The minimum absolute atomic E-state index is 0.718. The topological polar surface area (TPSA) is 29.1 Å². The van der Waals surface area contributed by atoms with E-state index >= 15 is 0 Å². The molecule has 0 saturated heterocycles. The Balaban J connectivity index is 2.30. The minimum Gasteiger partial charge on any atom is -0.313 e. The Morgan fingerprint density at radius 3 is 2.25 bits per heavy atom. The van der Waals surface area contributed by atoms with Crippen molar-refractivity contribution in [2.45, 2.75) is 0 Å². The summed E-state index contributed by atoms with van der Waals surface area (Å²) in [4.78, 5) is 0. The van der Waals surface area contributed by atoms with E-state index in [0.29, 0.717) is 0 Å². The molecule has 0 aliphatic carbocycles. The molecule has 0 amide bonds. The van der Waals surface area contributed by atoms with E-state index in [2.05, 4.69) is 5.09 Å². The third kappa shape index (κ3) is 2.19. The zero-order valence-corrected chi connectivity index (χ0v) is 3.64. The van der Waals surface area contributed by atoms with Crippen LogP contribution >= 0.6 is 8.61 Å². The molecule has 4 heavy (non-hydrogen) atoms. The minimum atomic E-state index is -0.718. The molecular weight excluding hydrogens is 73.0 g/mol.